The summed E-state index contributed by atoms with van der Waals surface area (Å²) >= 11 is 0. The van der Waals surface area contributed by atoms with E-state index in [1.807, 2.05) is 25.3 Å². The van der Waals surface area contributed by atoms with Gasteiger partial charge in [0, 0.05) is 31.7 Å². The number of carbonyl (C=O) groups excluding carboxylic acids is 1. The SMILES string of the molecule is Cc1nc2cccnc2n1C1CCN(C(=O)CC2CCN(C(C)C)CC2)C1. The van der Waals surface area contributed by atoms with Gasteiger partial charge in [-0.15, -0.1) is 0 Å². The Bertz CT molecular complexity index is 806. The van der Waals surface area contributed by atoms with E-state index < -0.39 is 0 Å². The summed E-state index contributed by atoms with van der Waals surface area (Å²) in [6.45, 7) is 10.4. The van der Waals surface area contributed by atoms with Crippen LogP contribution in [0.4, 0.5) is 0 Å². The first-order valence-electron chi connectivity index (χ1n) is 10.3. The molecule has 27 heavy (non-hydrogen) atoms. The Morgan fingerprint density at radius 1 is 1.22 bits per heavy atom. The number of fused-ring (bicyclic) bond motifs is 1. The minimum atomic E-state index is 0.289. The number of nitrogens with zero attached hydrogens (tertiary/aromatic N) is 5. The molecule has 4 heterocycles. The van der Waals surface area contributed by atoms with E-state index in [4.69, 9.17) is 0 Å². The molecule has 0 saturated carbocycles. The topological polar surface area (TPSA) is 54.3 Å². The molecule has 0 aliphatic carbocycles. The summed E-state index contributed by atoms with van der Waals surface area (Å²) in [7, 11) is 0. The molecule has 0 N–H and O–H groups in total. The molecule has 146 valence electrons. The molecule has 6 nitrogen and oxygen atoms in total. The Kier molecular flexibility index (Phi) is 5.17. The van der Waals surface area contributed by atoms with Crippen molar-refractivity contribution in [2.24, 2.45) is 5.92 Å². The van der Waals surface area contributed by atoms with Crippen LogP contribution >= 0.6 is 0 Å². The number of rotatable bonds is 4. The molecule has 0 radical (unpaired) electrons. The standard InChI is InChI=1S/C21H31N5O/c1-15(2)24-10-6-17(7-11-24)13-20(27)25-12-8-18(14-25)26-16(3)23-19-5-4-9-22-21(19)26/h4-5,9,15,17-18H,6-8,10-14H2,1-3H3. The molecule has 2 aliphatic heterocycles. The minimum Gasteiger partial charge on any atom is -0.341 e. The fraction of sp³-hybridized carbons (Fsp3) is 0.667. The van der Waals surface area contributed by atoms with E-state index in [-0.39, 0.29) is 6.04 Å². The highest BCUT2D eigenvalue weighted by Gasteiger charge is 2.31. The number of aromatic nitrogens is 3. The maximum Gasteiger partial charge on any atom is 0.222 e. The third-order valence-corrected chi connectivity index (χ3v) is 6.35. The van der Waals surface area contributed by atoms with Crippen molar-refractivity contribution in [1.82, 2.24) is 24.3 Å². The predicted molar refractivity (Wildman–Crippen MR) is 107 cm³/mol. The van der Waals surface area contributed by atoms with Gasteiger partial charge in [-0.1, -0.05) is 0 Å². The lowest BCUT2D eigenvalue weighted by Crippen LogP contribution is -2.40. The lowest BCUT2D eigenvalue weighted by molar-refractivity contribution is -0.131. The van der Waals surface area contributed by atoms with Crippen molar-refractivity contribution in [2.45, 2.75) is 58.5 Å². The molecule has 1 unspecified atom stereocenters. The molecule has 2 aromatic heterocycles. The first-order valence-corrected chi connectivity index (χ1v) is 10.3. The second-order valence-corrected chi connectivity index (χ2v) is 8.43. The van der Waals surface area contributed by atoms with Crippen LogP contribution in [0.25, 0.3) is 11.2 Å². The van der Waals surface area contributed by atoms with E-state index in [2.05, 4.69) is 38.2 Å². The molecule has 0 bridgehead atoms. The number of carbonyl (C=O) groups is 1. The second kappa shape index (κ2) is 7.58. The molecule has 1 atom stereocenters. The van der Waals surface area contributed by atoms with Crippen molar-refractivity contribution in [2.75, 3.05) is 26.2 Å². The van der Waals surface area contributed by atoms with Gasteiger partial charge in [-0.05, 0) is 71.2 Å². The third-order valence-electron chi connectivity index (χ3n) is 6.35. The normalized spacial score (nSPS) is 22.2. The summed E-state index contributed by atoms with van der Waals surface area (Å²) in [5, 5.41) is 0. The van der Waals surface area contributed by atoms with E-state index >= 15 is 0 Å². The zero-order valence-corrected chi connectivity index (χ0v) is 16.8. The average molecular weight is 370 g/mol. The maximum atomic E-state index is 12.9. The predicted octanol–water partition coefficient (Wildman–Crippen LogP) is 3.02. The Morgan fingerprint density at radius 3 is 2.74 bits per heavy atom. The van der Waals surface area contributed by atoms with Crippen LogP contribution in [-0.2, 0) is 4.79 Å². The summed E-state index contributed by atoms with van der Waals surface area (Å²) in [4.78, 5) is 26.6. The van der Waals surface area contributed by atoms with Crippen molar-refractivity contribution in [3.8, 4) is 0 Å². The smallest absolute Gasteiger partial charge is 0.222 e. The van der Waals surface area contributed by atoms with E-state index in [1.165, 1.54) is 0 Å². The van der Waals surface area contributed by atoms with Gasteiger partial charge in [0.2, 0.25) is 5.91 Å². The molecule has 0 aromatic carbocycles. The van der Waals surface area contributed by atoms with Gasteiger partial charge in [0.1, 0.15) is 11.3 Å². The molecule has 1 amide bonds. The Balaban J connectivity index is 1.37. The maximum absolute atomic E-state index is 12.9. The van der Waals surface area contributed by atoms with Crippen LogP contribution in [-0.4, -0.2) is 62.5 Å². The number of pyridine rings is 1. The first-order chi connectivity index (χ1) is 13.0. The monoisotopic (exact) mass is 369 g/mol. The van der Waals surface area contributed by atoms with Gasteiger partial charge in [-0.3, -0.25) is 4.79 Å². The van der Waals surface area contributed by atoms with E-state index in [9.17, 15) is 4.79 Å². The van der Waals surface area contributed by atoms with E-state index in [0.29, 0.717) is 24.3 Å². The van der Waals surface area contributed by atoms with Crippen LogP contribution in [0.5, 0.6) is 0 Å². The lowest BCUT2D eigenvalue weighted by atomic mass is 9.92. The molecule has 2 aromatic rings. The van der Waals surface area contributed by atoms with Crippen LogP contribution < -0.4 is 0 Å². The zero-order valence-electron chi connectivity index (χ0n) is 16.8. The number of hydrogen-bond acceptors (Lipinski definition) is 4. The highest BCUT2D eigenvalue weighted by molar-refractivity contribution is 5.77. The number of amides is 1. The Labute approximate surface area is 161 Å². The quantitative estimate of drug-likeness (QED) is 0.831. The van der Waals surface area contributed by atoms with Crippen molar-refractivity contribution in [1.29, 1.82) is 0 Å². The molecule has 4 rings (SSSR count). The van der Waals surface area contributed by atoms with Gasteiger partial charge in [0.05, 0.1) is 6.04 Å². The van der Waals surface area contributed by atoms with Crippen molar-refractivity contribution < 1.29 is 4.79 Å². The van der Waals surface area contributed by atoms with Crippen LogP contribution in [0, 0.1) is 12.8 Å². The van der Waals surface area contributed by atoms with Crippen molar-refractivity contribution in [3.63, 3.8) is 0 Å². The van der Waals surface area contributed by atoms with Crippen LogP contribution in [0.15, 0.2) is 18.3 Å². The van der Waals surface area contributed by atoms with Gasteiger partial charge in [-0.2, -0.15) is 0 Å². The average Bonchev–Trinajstić information content (AvgIpc) is 3.25. The fourth-order valence-electron chi connectivity index (χ4n) is 4.71. The summed E-state index contributed by atoms with van der Waals surface area (Å²) in [5.74, 6) is 1.86. The van der Waals surface area contributed by atoms with E-state index in [1.54, 1.807) is 0 Å². The van der Waals surface area contributed by atoms with E-state index in [0.717, 1.165) is 62.4 Å². The second-order valence-electron chi connectivity index (χ2n) is 8.43. The van der Waals surface area contributed by atoms with Gasteiger partial charge >= 0.3 is 0 Å². The number of hydrogen-bond donors (Lipinski definition) is 0. The highest BCUT2D eigenvalue weighted by atomic mass is 16.2. The fourth-order valence-corrected chi connectivity index (χ4v) is 4.71. The molecule has 6 heteroatoms. The Hall–Kier alpha value is -1.95. The minimum absolute atomic E-state index is 0.289. The molecule has 2 aliphatic rings. The molecule has 2 saturated heterocycles. The summed E-state index contributed by atoms with van der Waals surface area (Å²) in [5.41, 5.74) is 1.88. The summed E-state index contributed by atoms with van der Waals surface area (Å²) in [6.07, 6.45) is 5.81. The highest BCUT2D eigenvalue weighted by Crippen LogP contribution is 2.29. The number of imidazole rings is 1. The van der Waals surface area contributed by atoms with Gasteiger partial charge in [0.15, 0.2) is 5.65 Å². The lowest BCUT2D eigenvalue weighted by Gasteiger charge is -2.34. The molecular formula is C21H31N5O. The number of aryl methyl sites for hydroxylation is 1. The molecule has 0 spiro atoms. The van der Waals surface area contributed by atoms with Crippen LogP contribution in [0.2, 0.25) is 0 Å². The van der Waals surface area contributed by atoms with Crippen LogP contribution in [0.3, 0.4) is 0 Å². The zero-order chi connectivity index (χ0) is 19.0. The largest absolute Gasteiger partial charge is 0.341 e. The van der Waals surface area contributed by atoms with Gasteiger partial charge in [0.25, 0.3) is 0 Å². The third kappa shape index (κ3) is 3.72. The summed E-state index contributed by atoms with van der Waals surface area (Å²) in [6, 6.07) is 4.83. The number of piperidine rings is 1. The van der Waals surface area contributed by atoms with Crippen molar-refractivity contribution in [3.05, 3.63) is 24.2 Å². The molecule has 2 fully saturated rings. The number of likely N-dealkylation sites (tertiary alicyclic amines) is 2. The van der Waals surface area contributed by atoms with Gasteiger partial charge in [-0.25, -0.2) is 9.97 Å². The molecular weight excluding hydrogens is 338 g/mol. The van der Waals surface area contributed by atoms with Gasteiger partial charge < -0.3 is 14.4 Å². The Morgan fingerprint density at radius 2 is 2.00 bits per heavy atom. The summed E-state index contributed by atoms with van der Waals surface area (Å²) < 4.78 is 2.23. The first kappa shape index (κ1) is 18.4. The van der Waals surface area contributed by atoms with Crippen molar-refractivity contribution >= 4 is 17.1 Å². The van der Waals surface area contributed by atoms with Crippen LogP contribution in [0.1, 0.15) is 51.4 Å².